The Morgan fingerprint density at radius 3 is 2.52 bits per heavy atom. The topological polar surface area (TPSA) is 26.3 Å². The number of carbonyl (C=O) groups excluding carboxylic acids is 1. The van der Waals surface area contributed by atoms with Crippen molar-refractivity contribution in [3.63, 3.8) is 0 Å². The second-order valence-corrected chi connectivity index (χ2v) is 9.61. The van der Waals surface area contributed by atoms with Gasteiger partial charge in [-0.2, -0.15) is 0 Å². The Kier molecular flexibility index (Phi) is 4.68. The quantitative estimate of drug-likeness (QED) is 0.508. The van der Waals surface area contributed by atoms with Crippen LogP contribution >= 0.6 is 0 Å². The summed E-state index contributed by atoms with van der Waals surface area (Å²) < 4.78 is 21.4. The maximum atomic E-state index is 15.5. The first-order valence-electron chi connectivity index (χ1n) is 10.4. The molecule has 0 heterocycles. The lowest BCUT2D eigenvalue weighted by molar-refractivity contribution is -0.172. The van der Waals surface area contributed by atoms with E-state index in [1.807, 2.05) is 12.1 Å². The number of ether oxygens (including phenoxy) is 1. The Hall–Kier alpha value is -1.64. The molecule has 4 rings (SSSR count). The third-order valence-electron chi connectivity index (χ3n) is 7.42. The summed E-state index contributed by atoms with van der Waals surface area (Å²) in [6.45, 7) is 6.67. The van der Waals surface area contributed by atoms with Gasteiger partial charge in [0.1, 0.15) is 6.10 Å². The van der Waals surface area contributed by atoms with Gasteiger partial charge in [-0.05, 0) is 48.5 Å². The molecule has 0 aliphatic heterocycles. The number of alkyl halides is 1. The molecule has 3 aliphatic carbocycles. The lowest BCUT2D eigenvalue weighted by atomic mass is 9.64. The van der Waals surface area contributed by atoms with E-state index >= 15 is 4.39 Å². The standard InChI is InChI=1S/C24H31FO2/c1-16-9-12-20(23(2,3)18-7-5-4-6-8-18)21(13-16)27-22(26)24(25)15-17-10-11-19(24)14-17/h4-8,10-11,16-17,19-21H,9,12-15H2,1-3H3/t16-,17+,19-,20-,21-,24+/m1/s1. The van der Waals surface area contributed by atoms with E-state index in [1.165, 1.54) is 5.56 Å². The zero-order chi connectivity index (χ0) is 19.2. The fourth-order valence-electron chi connectivity index (χ4n) is 5.63. The van der Waals surface area contributed by atoms with Crippen molar-refractivity contribution in [1.82, 2.24) is 0 Å². The summed E-state index contributed by atoms with van der Waals surface area (Å²) >= 11 is 0. The van der Waals surface area contributed by atoms with Gasteiger partial charge >= 0.3 is 5.97 Å². The van der Waals surface area contributed by atoms with Crippen LogP contribution in [0.5, 0.6) is 0 Å². The molecule has 0 saturated heterocycles. The second-order valence-electron chi connectivity index (χ2n) is 9.61. The summed E-state index contributed by atoms with van der Waals surface area (Å²) in [4.78, 5) is 12.9. The first kappa shape index (κ1) is 18.7. The number of fused-ring (bicyclic) bond motifs is 2. The van der Waals surface area contributed by atoms with Gasteiger partial charge in [0.15, 0.2) is 0 Å². The van der Waals surface area contributed by atoms with Crippen LogP contribution in [0, 0.1) is 23.7 Å². The van der Waals surface area contributed by atoms with Crippen molar-refractivity contribution in [2.75, 3.05) is 0 Å². The Morgan fingerprint density at radius 1 is 1.15 bits per heavy atom. The van der Waals surface area contributed by atoms with E-state index in [9.17, 15) is 4.79 Å². The number of carbonyl (C=O) groups is 1. The highest BCUT2D eigenvalue weighted by molar-refractivity contribution is 5.81. The van der Waals surface area contributed by atoms with E-state index in [-0.39, 0.29) is 29.3 Å². The highest BCUT2D eigenvalue weighted by Crippen LogP contribution is 2.50. The molecule has 3 aliphatic rings. The molecular formula is C24H31FO2. The number of allylic oxidation sites excluding steroid dienone is 2. The van der Waals surface area contributed by atoms with Gasteiger partial charge in [-0.3, -0.25) is 0 Å². The molecule has 0 N–H and O–H groups in total. The zero-order valence-electron chi connectivity index (χ0n) is 16.7. The minimum absolute atomic E-state index is 0.121. The number of hydrogen-bond donors (Lipinski definition) is 0. The first-order valence-corrected chi connectivity index (χ1v) is 10.4. The maximum Gasteiger partial charge on any atom is 0.344 e. The summed E-state index contributed by atoms with van der Waals surface area (Å²) in [7, 11) is 0. The van der Waals surface area contributed by atoms with E-state index in [1.54, 1.807) is 0 Å². The second kappa shape index (κ2) is 6.76. The number of hydrogen-bond acceptors (Lipinski definition) is 2. The third-order valence-corrected chi connectivity index (χ3v) is 7.42. The summed E-state index contributed by atoms with van der Waals surface area (Å²) in [6, 6.07) is 10.4. The Labute approximate surface area is 162 Å². The predicted octanol–water partition coefficient (Wildman–Crippen LogP) is 5.62. The van der Waals surface area contributed by atoms with Gasteiger partial charge in [-0.25, -0.2) is 9.18 Å². The van der Waals surface area contributed by atoms with Crippen LogP contribution in [0.4, 0.5) is 4.39 Å². The smallest absolute Gasteiger partial charge is 0.344 e. The number of rotatable bonds is 4. The molecule has 0 radical (unpaired) electrons. The van der Waals surface area contributed by atoms with Crippen LogP contribution in [0.25, 0.3) is 0 Å². The van der Waals surface area contributed by atoms with Crippen molar-refractivity contribution in [2.24, 2.45) is 23.7 Å². The number of halogens is 1. The molecule has 2 fully saturated rings. The van der Waals surface area contributed by atoms with Crippen molar-refractivity contribution >= 4 is 5.97 Å². The number of benzene rings is 1. The van der Waals surface area contributed by atoms with Crippen LogP contribution in [-0.4, -0.2) is 17.7 Å². The lowest BCUT2D eigenvalue weighted by Gasteiger charge is -2.44. The van der Waals surface area contributed by atoms with Gasteiger partial charge in [0.05, 0.1) is 0 Å². The minimum Gasteiger partial charge on any atom is -0.460 e. The minimum atomic E-state index is -1.82. The molecule has 1 aromatic rings. The van der Waals surface area contributed by atoms with Crippen LogP contribution in [0.2, 0.25) is 0 Å². The largest absolute Gasteiger partial charge is 0.460 e. The summed E-state index contributed by atoms with van der Waals surface area (Å²) in [5.41, 5.74) is -0.685. The Bertz CT molecular complexity index is 725. The third kappa shape index (κ3) is 3.23. The molecule has 2 nitrogen and oxygen atoms in total. The normalized spacial score (nSPS) is 38.1. The molecular weight excluding hydrogens is 339 g/mol. The van der Waals surface area contributed by atoms with Gasteiger partial charge in [0.2, 0.25) is 5.67 Å². The van der Waals surface area contributed by atoms with Crippen molar-refractivity contribution in [2.45, 2.75) is 70.1 Å². The molecule has 0 amide bonds. The van der Waals surface area contributed by atoms with Crippen molar-refractivity contribution < 1.29 is 13.9 Å². The van der Waals surface area contributed by atoms with Crippen molar-refractivity contribution in [3.8, 4) is 0 Å². The fourth-order valence-corrected chi connectivity index (χ4v) is 5.63. The summed E-state index contributed by atoms with van der Waals surface area (Å²) in [5.74, 6) is -0.00260. The van der Waals surface area contributed by atoms with Gasteiger partial charge in [0, 0.05) is 11.8 Å². The molecule has 3 heteroatoms. The number of esters is 1. The highest BCUT2D eigenvalue weighted by atomic mass is 19.1. The molecule has 2 saturated carbocycles. The summed E-state index contributed by atoms with van der Waals surface area (Å²) in [6.07, 6.45) is 7.73. The van der Waals surface area contributed by atoms with Crippen molar-refractivity contribution in [3.05, 3.63) is 48.0 Å². The van der Waals surface area contributed by atoms with Gasteiger partial charge < -0.3 is 4.74 Å². The molecule has 0 unspecified atom stereocenters. The molecule has 27 heavy (non-hydrogen) atoms. The lowest BCUT2D eigenvalue weighted by Crippen LogP contribution is -2.47. The van der Waals surface area contributed by atoms with Gasteiger partial charge in [-0.15, -0.1) is 0 Å². The Morgan fingerprint density at radius 2 is 1.89 bits per heavy atom. The van der Waals surface area contributed by atoms with Gasteiger partial charge in [0.25, 0.3) is 0 Å². The molecule has 1 aromatic carbocycles. The first-order chi connectivity index (χ1) is 12.8. The van der Waals surface area contributed by atoms with Crippen LogP contribution < -0.4 is 0 Å². The van der Waals surface area contributed by atoms with E-state index in [0.717, 1.165) is 25.7 Å². The van der Waals surface area contributed by atoms with Crippen LogP contribution in [0.3, 0.4) is 0 Å². The van der Waals surface area contributed by atoms with E-state index in [0.29, 0.717) is 12.3 Å². The Balaban J connectivity index is 1.55. The van der Waals surface area contributed by atoms with Crippen LogP contribution in [0.15, 0.2) is 42.5 Å². The van der Waals surface area contributed by atoms with Gasteiger partial charge in [-0.1, -0.05) is 69.7 Å². The zero-order valence-corrected chi connectivity index (χ0v) is 16.7. The molecule has 0 aromatic heterocycles. The molecule has 2 bridgehead atoms. The molecule has 0 spiro atoms. The van der Waals surface area contributed by atoms with E-state index in [4.69, 9.17) is 4.74 Å². The summed E-state index contributed by atoms with van der Waals surface area (Å²) in [5, 5.41) is 0. The average molecular weight is 371 g/mol. The van der Waals surface area contributed by atoms with Crippen molar-refractivity contribution in [1.29, 1.82) is 0 Å². The monoisotopic (exact) mass is 370 g/mol. The fraction of sp³-hybridized carbons (Fsp3) is 0.625. The molecule has 146 valence electrons. The van der Waals surface area contributed by atoms with Crippen LogP contribution in [0.1, 0.15) is 58.4 Å². The van der Waals surface area contributed by atoms with E-state index in [2.05, 4.69) is 51.1 Å². The highest BCUT2D eigenvalue weighted by Gasteiger charge is 2.56. The average Bonchev–Trinajstić information content (AvgIpc) is 3.23. The SMILES string of the molecule is C[C@@H]1CC[C@@H](C(C)(C)c2ccccc2)[C@H](OC(=O)[C@]2(F)C[C@H]3C=C[C@@H]2C3)C1. The van der Waals surface area contributed by atoms with E-state index < -0.39 is 11.6 Å². The predicted molar refractivity (Wildman–Crippen MR) is 105 cm³/mol. The maximum absolute atomic E-state index is 15.5. The molecule has 6 atom stereocenters. The van der Waals surface area contributed by atoms with Crippen LogP contribution in [-0.2, 0) is 14.9 Å².